The molecule has 3 atom stereocenters. The van der Waals surface area contributed by atoms with Crippen LogP contribution in [0.1, 0.15) is 40.0 Å². The third kappa shape index (κ3) is 7.97. The van der Waals surface area contributed by atoms with E-state index in [2.05, 4.69) is 0 Å². The van der Waals surface area contributed by atoms with E-state index in [1.807, 2.05) is 0 Å². The second kappa shape index (κ2) is 12.0. The summed E-state index contributed by atoms with van der Waals surface area (Å²) in [5.74, 6) is -13.9. The second-order valence-electron chi connectivity index (χ2n) is 7.46. The molecule has 2 aliphatic rings. The fourth-order valence-electron chi connectivity index (χ4n) is 2.82. The molecule has 2 fully saturated rings. The Kier molecular flexibility index (Phi) is 9.68. The molecule has 0 aromatic rings. The van der Waals surface area contributed by atoms with Crippen LogP contribution in [0.15, 0.2) is 0 Å². The first-order chi connectivity index (χ1) is 16.3. The molecule has 0 saturated carbocycles. The lowest BCUT2D eigenvalue weighted by Gasteiger charge is -2.16. The molecule has 2 rings (SSSR count). The maximum absolute atomic E-state index is 12.4. The smallest absolute Gasteiger partial charge is 0.551 e. The molecule has 17 heteroatoms. The van der Waals surface area contributed by atoms with E-state index in [1.54, 1.807) is 0 Å². The third-order valence-corrected chi connectivity index (χ3v) is 7.40. The Hall–Kier alpha value is -3.11. The van der Waals surface area contributed by atoms with Crippen molar-refractivity contribution in [1.29, 1.82) is 0 Å². The lowest BCUT2D eigenvalue weighted by Crippen LogP contribution is -2.39. The first-order valence-electron chi connectivity index (χ1n) is 9.99. The van der Waals surface area contributed by atoms with Gasteiger partial charge in [-0.2, -0.15) is 0 Å². The van der Waals surface area contributed by atoms with Crippen molar-refractivity contribution in [2.45, 2.75) is 40.0 Å². The summed E-state index contributed by atoms with van der Waals surface area (Å²) in [7, 11) is 0. The Morgan fingerprint density at radius 2 is 1.20 bits per heavy atom. The molecule has 186 valence electrons. The van der Waals surface area contributed by atoms with Gasteiger partial charge in [-0.1, -0.05) is 0 Å². The van der Waals surface area contributed by atoms with Gasteiger partial charge in [0.05, 0.1) is 19.3 Å². The van der Waals surface area contributed by atoms with E-state index in [0.29, 0.717) is 0 Å². The summed E-state index contributed by atoms with van der Waals surface area (Å²) < 4.78 is 28.7. The summed E-state index contributed by atoms with van der Waals surface area (Å²) in [5, 5.41) is 0. The van der Waals surface area contributed by atoms with Gasteiger partial charge in [-0.3, -0.25) is 43.2 Å². The Morgan fingerprint density at radius 1 is 0.771 bits per heavy atom. The maximum atomic E-state index is 12.4. The molecule has 2 heterocycles. The Balaban J connectivity index is 2.02. The minimum atomic E-state index is -3.81. The molecule has 0 aliphatic carbocycles. The lowest BCUT2D eigenvalue weighted by molar-refractivity contribution is -0.156. The van der Waals surface area contributed by atoms with Crippen molar-refractivity contribution in [1.82, 2.24) is 0 Å². The molecule has 0 aromatic carbocycles. The van der Waals surface area contributed by atoms with Gasteiger partial charge in [0.15, 0.2) is 0 Å². The van der Waals surface area contributed by atoms with Gasteiger partial charge in [0, 0.05) is 0 Å². The highest BCUT2D eigenvalue weighted by molar-refractivity contribution is 6.46. The summed E-state index contributed by atoms with van der Waals surface area (Å²) in [4.78, 5) is 107. The Bertz CT molecular complexity index is 988. The SMILES string of the molecule is CC(=O)C1CC(=O)[O][Al]([O]C(=O)CC(C(C)=O)C(=O)[O][Al]2[O]C(=O)CC(C(C)=O)C(=O)[O]2)[O]C1=O. The van der Waals surface area contributed by atoms with E-state index < -0.39 is 120 Å². The van der Waals surface area contributed by atoms with Crippen LogP contribution in [-0.4, -0.2) is 83.5 Å². The van der Waals surface area contributed by atoms with Gasteiger partial charge in [0.25, 0.3) is 35.8 Å². The molecule has 0 radical (unpaired) electrons. The molecule has 35 heavy (non-hydrogen) atoms. The minimum Gasteiger partial charge on any atom is -0.551 e. The fraction of sp³-hybridized carbons (Fsp3) is 0.500. The maximum Gasteiger partial charge on any atom is 1.20 e. The van der Waals surface area contributed by atoms with E-state index in [0.717, 1.165) is 20.8 Å². The zero-order valence-corrected chi connectivity index (χ0v) is 20.9. The molecular weight excluding hydrogens is 510 g/mol. The topological polar surface area (TPSA) is 209 Å². The van der Waals surface area contributed by atoms with Gasteiger partial charge in [0.1, 0.15) is 35.1 Å². The predicted molar refractivity (Wildman–Crippen MR) is 104 cm³/mol. The van der Waals surface area contributed by atoms with Gasteiger partial charge >= 0.3 is 30.3 Å². The van der Waals surface area contributed by atoms with E-state index in [1.165, 1.54) is 0 Å². The quantitative estimate of drug-likeness (QED) is 0.247. The van der Waals surface area contributed by atoms with Crippen LogP contribution in [0, 0.1) is 17.8 Å². The highest BCUT2D eigenvalue weighted by atomic mass is 27.3. The van der Waals surface area contributed by atoms with Crippen LogP contribution in [0.25, 0.3) is 0 Å². The highest BCUT2D eigenvalue weighted by Gasteiger charge is 2.56. The van der Waals surface area contributed by atoms with Crippen molar-refractivity contribution in [2.24, 2.45) is 17.8 Å². The number of carbonyl (C=O) groups is 9. The lowest BCUT2D eigenvalue weighted by atomic mass is 10.0. The van der Waals surface area contributed by atoms with E-state index >= 15 is 0 Å². The second-order valence-corrected chi connectivity index (χ2v) is 10.0. The largest absolute Gasteiger partial charge is 1.20 e. The van der Waals surface area contributed by atoms with Crippen molar-refractivity contribution in [3.05, 3.63) is 0 Å². The number of carbonyl (C=O) groups excluding carboxylic acids is 9. The zero-order valence-electron chi connectivity index (χ0n) is 18.6. The molecule has 2 saturated heterocycles. The molecule has 15 nitrogen and oxygen atoms in total. The van der Waals surface area contributed by atoms with Crippen molar-refractivity contribution in [3.8, 4) is 0 Å². The standard InChI is InChI=1S/3C6H8O5.2Al/c3*1-3(7)4(6(10)11)2-5(8)9;;/h3*4H,2H2,1H3,(H,8,9)(H,10,11);;/q;;;2*+3/p-6. The van der Waals surface area contributed by atoms with E-state index in [9.17, 15) is 43.2 Å². The van der Waals surface area contributed by atoms with Crippen molar-refractivity contribution in [3.63, 3.8) is 0 Å². The van der Waals surface area contributed by atoms with Gasteiger partial charge in [-0.05, 0) is 20.8 Å². The van der Waals surface area contributed by atoms with Crippen molar-refractivity contribution >= 4 is 83.5 Å². The summed E-state index contributed by atoms with van der Waals surface area (Å²) in [5.41, 5.74) is 0. The fourth-order valence-corrected chi connectivity index (χ4v) is 5.10. The Morgan fingerprint density at radius 3 is 1.60 bits per heavy atom. The minimum absolute atomic E-state index is 0.606. The van der Waals surface area contributed by atoms with Crippen LogP contribution in [0.2, 0.25) is 0 Å². The van der Waals surface area contributed by atoms with Gasteiger partial charge in [0.2, 0.25) is 0 Å². The number of Topliss-reactive ketones (excluding diaryl/α,β-unsaturated/α-hetero) is 3. The number of ketones is 3. The summed E-state index contributed by atoms with van der Waals surface area (Å²) in [6.07, 6.45) is -2.18. The molecule has 0 amide bonds. The van der Waals surface area contributed by atoms with Crippen LogP contribution in [-0.2, 0) is 65.9 Å². The highest BCUT2D eigenvalue weighted by Crippen LogP contribution is 2.19. The molecular formula is C18H18Al2O15. The van der Waals surface area contributed by atoms with Crippen LogP contribution in [0.5, 0.6) is 0 Å². The third-order valence-electron chi connectivity index (χ3n) is 4.76. The summed E-state index contributed by atoms with van der Waals surface area (Å²) in [6.45, 7) is 3.04. The molecule has 0 aromatic heterocycles. The first-order valence-corrected chi connectivity index (χ1v) is 12.8. The monoisotopic (exact) mass is 528 g/mol. The van der Waals surface area contributed by atoms with Gasteiger partial charge in [-0.15, -0.1) is 0 Å². The number of rotatable bonds is 8. The van der Waals surface area contributed by atoms with Crippen molar-refractivity contribution in [2.75, 3.05) is 0 Å². The molecule has 0 N–H and O–H groups in total. The zero-order chi connectivity index (χ0) is 26.4. The van der Waals surface area contributed by atoms with Crippen LogP contribution in [0.3, 0.4) is 0 Å². The number of hydrogen-bond acceptors (Lipinski definition) is 15. The van der Waals surface area contributed by atoms with Gasteiger partial charge < -0.3 is 22.7 Å². The molecule has 3 unspecified atom stereocenters. The molecule has 2 aliphatic heterocycles. The molecule has 0 spiro atoms. The average Bonchev–Trinajstić information content (AvgIpc) is 2.95. The average molecular weight is 528 g/mol. The summed E-state index contributed by atoms with van der Waals surface area (Å²) >= 11 is -7.56. The summed E-state index contributed by atoms with van der Waals surface area (Å²) in [6, 6.07) is 0. The normalized spacial score (nSPS) is 21.2. The first kappa shape index (κ1) is 28.1. The van der Waals surface area contributed by atoms with Crippen LogP contribution < -0.4 is 0 Å². The van der Waals surface area contributed by atoms with Crippen LogP contribution in [0.4, 0.5) is 0 Å². The Labute approximate surface area is 207 Å². The van der Waals surface area contributed by atoms with Crippen molar-refractivity contribution < 1.29 is 65.9 Å². The van der Waals surface area contributed by atoms with Gasteiger partial charge in [-0.25, -0.2) is 0 Å². The van der Waals surface area contributed by atoms with E-state index in [-0.39, 0.29) is 0 Å². The van der Waals surface area contributed by atoms with Crippen LogP contribution >= 0.6 is 0 Å². The molecule has 0 bridgehead atoms. The predicted octanol–water partition coefficient (Wildman–Crippen LogP) is -1.97. The van der Waals surface area contributed by atoms with E-state index in [4.69, 9.17) is 22.7 Å². The number of hydrogen-bond donors (Lipinski definition) is 0.